The third-order valence-corrected chi connectivity index (χ3v) is 3.97. The van der Waals surface area contributed by atoms with Crippen LogP contribution in [0.2, 0.25) is 0 Å². The van der Waals surface area contributed by atoms with Gasteiger partial charge in [-0.1, -0.05) is 12.1 Å². The molecular weight excluding hydrogens is 391 g/mol. The summed E-state index contributed by atoms with van der Waals surface area (Å²) in [7, 11) is 1.33. The molecule has 1 unspecified atom stereocenters. The number of halogens is 3. The highest BCUT2D eigenvalue weighted by Crippen LogP contribution is 2.27. The van der Waals surface area contributed by atoms with E-state index in [4.69, 9.17) is 11.7 Å². The number of hydrogen-bond acceptors (Lipinski definition) is 6. The fraction of sp³-hybridized carbons (Fsp3) is 0.278. The van der Waals surface area contributed by atoms with Crippen LogP contribution in [0.3, 0.4) is 0 Å². The van der Waals surface area contributed by atoms with Crippen LogP contribution in [0, 0.1) is 6.92 Å². The van der Waals surface area contributed by atoms with E-state index in [2.05, 4.69) is 9.72 Å². The molecule has 0 fully saturated rings. The minimum atomic E-state index is -4.84. The van der Waals surface area contributed by atoms with Crippen LogP contribution in [0.15, 0.2) is 36.4 Å². The summed E-state index contributed by atoms with van der Waals surface area (Å²) < 4.78 is 41.2. The maximum atomic E-state index is 12.8. The first kappa shape index (κ1) is 22.1. The Hall–Kier alpha value is -3.18. The van der Waals surface area contributed by atoms with E-state index in [1.165, 1.54) is 31.3 Å². The molecule has 156 valence electrons. The fourth-order valence-corrected chi connectivity index (χ4v) is 2.54. The number of carbonyl (C=O) groups is 2. The summed E-state index contributed by atoms with van der Waals surface area (Å²) in [6.45, 7) is 3.13. The van der Waals surface area contributed by atoms with Gasteiger partial charge in [-0.25, -0.2) is 16.7 Å². The maximum Gasteiger partial charge on any atom is 0.573 e. The summed E-state index contributed by atoms with van der Waals surface area (Å²) in [5.74, 6) is 9.65. The summed E-state index contributed by atoms with van der Waals surface area (Å²) in [6, 6.07) is 7.04. The molecule has 11 heteroatoms. The molecule has 1 heterocycles. The van der Waals surface area contributed by atoms with Crippen LogP contribution >= 0.6 is 0 Å². The average Bonchev–Trinajstić information content (AvgIpc) is 2.63. The second-order valence-corrected chi connectivity index (χ2v) is 6.31. The van der Waals surface area contributed by atoms with Gasteiger partial charge in [0, 0.05) is 18.3 Å². The van der Waals surface area contributed by atoms with E-state index in [-0.39, 0.29) is 11.3 Å². The average molecular weight is 411 g/mol. The van der Waals surface area contributed by atoms with Crippen molar-refractivity contribution in [2.24, 2.45) is 11.7 Å². The summed E-state index contributed by atoms with van der Waals surface area (Å²) in [5, 5.41) is 1.67. The van der Waals surface area contributed by atoms with Crippen molar-refractivity contribution in [3.8, 4) is 5.75 Å². The van der Waals surface area contributed by atoms with Crippen molar-refractivity contribution in [1.29, 1.82) is 0 Å². The number of alkyl halides is 3. The van der Waals surface area contributed by atoms with E-state index in [0.29, 0.717) is 11.3 Å². The molecule has 0 aliphatic rings. The summed E-state index contributed by atoms with van der Waals surface area (Å²) in [5.41, 5.74) is 0.758. The van der Waals surface area contributed by atoms with Gasteiger partial charge in [0.1, 0.15) is 11.4 Å². The van der Waals surface area contributed by atoms with Crippen molar-refractivity contribution in [3.63, 3.8) is 0 Å². The second kappa shape index (κ2) is 8.45. The van der Waals surface area contributed by atoms with Gasteiger partial charge < -0.3 is 4.74 Å². The zero-order chi connectivity index (χ0) is 21.9. The molecule has 0 saturated heterocycles. The number of benzene rings is 1. The lowest BCUT2D eigenvalue weighted by Gasteiger charge is -2.25. The standard InChI is InChI=1S/C18H20F3N5O3/c1-10-7-13(9-15(24-10)17(28)25(3)22)16(27)26(23)11(2)12-5-4-6-14(8-12)29-18(19,20)21/h4-9,11H,22-23H2,1-3H3. The van der Waals surface area contributed by atoms with Gasteiger partial charge in [-0.05, 0) is 43.7 Å². The Morgan fingerprint density at radius 2 is 1.79 bits per heavy atom. The van der Waals surface area contributed by atoms with Crippen molar-refractivity contribution in [2.45, 2.75) is 26.3 Å². The van der Waals surface area contributed by atoms with Gasteiger partial charge >= 0.3 is 6.36 Å². The Morgan fingerprint density at radius 3 is 2.38 bits per heavy atom. The number of amides is 2. The Kier molecular flexibility index (Phi) is 6.44. The van der Waals surface area contributed by atoms with E-state index in [0.717, 1.165) is 22.2 Å². The highest BCUT2D eigenvalue weighted by Gasteiger charge is 2.31. The topological polar surface area (TPSA) is 115 Å². The minimum absolute atomic E-state index is 0.0417. The third kappa shape index (κ3) is 5.65. The Labute approximate surface area is 164 Å². The molecule has 0 aliphatic carbocycles. The van der Waals surface area contributed by atoms with Crippen LogP contribution in [0.1, 0.15) is 45.1 Å². The molecule has 0 radical (unpaired) electrons. The highest BCUT2D eigenvalue weighted by atomic mass is 19.4. The van der Waals surface area contributed by atoms with Crippen LogP contribution in [0.4, 0.5) is 13.2 Å². The Bertz CT molecular complexity index is 918. The molecule has 0 saturated carbocycles. The maximum absolute atomic E-state index is 12.8. The first-order valence-electron chi connectivity index (χ1n) is 8.34. The number of pyridine rings is 1. The number of ether oxygens (including phenoxy) is 1. The van der Waals surface area contributed by atoms with Gasteiger partial charge in [0.15, 0.2) is 0 Å². The van der Waals surface area contributed by atoms with Crippen LogP contribution in [0.25, 0.3) is 0 Å². The number of hydrogen-bond donors (Lipinski definition) is 2. The molecule has 0 aliphatic heterocycles. The normalized spacial score (nSPS) is 12.3. The van der Waals surface area contributed by atoms with Crippen LogP contribution in [0.5, 0.6) is 5.75 Å². The van der Waals surface area contributed by atoms with Gasteiger partial charge in [-0.2, -0.15) is 0 Å². The monoisotopic (exact) mass is 411 g/mol. The summed E-state index contributed by atoms with van der Waals surface area (Å²) in [4.78, 5) is 28.8. The van der Waals surface area contributed by atoms with Crippen molar-refractivity contribution < 1.29 is 27.5 Å². The number of nitrogens with zero attached hydrogens (tertiary/aromatic N) is 3. The number of nitrogens with two attached hydrogens (primary N) is 2. The van der Waals surface area contributed by atoms with Crippen LogP contribution in [-0.4, -0.2) is 40.2 Å². The second-order valence-electron chi connectivity index (χ2n) is 6.31. The first-order valence-corrected chi connectivity index (χ1v) is 8.34. The SMILES string of the molecule is Cc1cc(C(=O)N(N)C(C)c2cccc(OC(F)(F)F)c2)cc(C(=O)N(C)N)n1. The van der Waals surface area contributed by atoms with Gasteiger partial charge in [0.05, 0.1) is 6.04 Å². The lowest BCUT2D eigenvalue weighted by Crippen LogP contribution is -2.40. The predicted molar refractivity (Wildman–Crippen MR) is 97.2 cm³/mol. The van der Waals surface area contributed by atoms with Gasteiger partial charge in [0.2, 0.25) is 0 Å². The third-order valence-electron chi connectivity index (χ3n) is 3.97. The number of aromatic nitrogens is 1. The molecular formula is C18H20F3N5O3. The van der Waals surface area contributed by atoms with Crippen LogP contribution < -0.4 is 16.4 Å². The number of rotatable bonds is 5. The minimum Gasteiger partial charge on any atom is -0.406 e. The molecule has 2 aromatic rings. The molecule has 1 aromatic carbocycles. The fourth-order valence-electron chi connectivity index (χ4n) is 2.54. The largest absolute Gasteiger partial charge is 0.573 e. The van der Waals surface area contributed by atoms with Crippen molar-refractivity contribution in [2.75, 3.05) is 7.05 Å². The molecule has 29 heavy (non-hydrogen) atoms. The molecule has 0 bridgehead atoms. The highest BCUT2D eigenvalue weighted by molar-refractivity contribution is 5.98. The lowest BCUT2D eigenvalue weighted by molar-refractivity contribution is -0.274. The smallest absolute Gasteiger partial charge is 0.406 e. The molecule has 8 nitrogen and oxygen atoms in total. The van der Waals surface area contributed by atoms with E-state index in [1.54, 1.807) is 13.8 Å². The van der Waals surface area contributed by atoms with Crippen molar-refractivity contribution in [1.82, 2.24) is 15.0 Å². The molecule has 4 N–H and O–H groups in total. The van der Waals surface area contributed by atoms with E-state index < -0.39 is 30.0 Å². The molecule has 2 amide bonds. The zero-order valence-corrected chi connectivity index (χ0v) is 15.9. The predicted octanol–water partition coefficient (Wildman–Crippen LogP) is 2.31. The van der Waals surface area contributed by atoms with Crippen molar-refractivity contribution in [3.05, 3.63) is 58.9 Å². The lowest BCUT2D eigenvalue weighted by atomic mass is 10.1. The molecule has 2 rings (SSSR count). The van der Waals surface area contributed by atoms with Gasteiger partial charge in [-0.3, -0.25) is 19.6 Å². The zero-order valence-electron chi connectivity index (χ0n) is 15.9. The Balaban J connectivity index is 2.28. The van der Waals surface area contributed by atoms with Crippen LogP contribution in [-0.2, 0) is 0 Å². The summed E-state index contributed by atoms with van der Waals surface area (Å²) in [6.07, 6.45) is -4.84. The van der Waals surface area contributed by atoms with Gasteiger partial charge in [0.25, 0.3) is 11.8 Å². The molecule has 0 spiro atoms. The molecule has 1 atom stereocenters. The first-order chi connectivity index (χ1) is 13.4. The number of carbonyl (C=O) groups excluding carboxylic acids is 2. The van der Waals surface area contributed by atoms with E-state index >= 15 is 0 Å². The summed E-state index contributed by atoms with van der Waals surface area (Å²) >= 11 is 0. The number of hydrazine groups is 2. The van der Waals surface area contributed by atoms with Gasteiger partial charge in [-0.15, -0.1) is 13.2 Å². The van der Waals surface area contributed by atoms with E-state index in [1.807, 2.05) is 0 Å². The van der Waals surface area contributed by atoms with E-state index in [9.17, 15) is 22.8 Å². The van der Waals surface area contributed by atoms with Crippen molar-refractivity contribution >= 4 is 11.8 Å². The number of aryl methyl sites for hydroxylation is 1. The molecule has 1 aromatic heterocycles. The Morgan fingerprint density at radius 1 is 1.14 bits per heavy atom. The quantitative estimate of drug-likeness (QED) is 0.443.